The van der Waals surface area contributed by atoms with Crippen LogP contribution in [0.4, 0.5) is 11.9 Å². The number of nitrogens with zero attached hydrogens (tertiary/aromatic N) is 4. The van der Waals surface area contributed by atoms with E-state index in [1.54, 1.807) is 0 Å². The fourth-order valence-corrected chi connectivity index (χ4v) is 2.30. The van der Waals surface area contributed by atoms with Crippen molar-refractivity contribution in [2.24, 2.45) is 5.92 Å². The summed E-state index contributed by atoms with van der Waals surface area (Å²) in [5.74, 6) is 1.38. The number of anilines is 2. The van der Waals surface area contributed by atoms with E-state index in [1.807, 2.05) is 27.0 Å². The third-order valence-corrected chi connectivity index (χ3v) is 3.76. The number of aromatic nitrogens is 3. The van der Waals surface area contributed by atoms with Gasteiger partial charge in [0.25, 0.3) is 0 Å². The molecule has 2 rings (SSSR count). The van der Waals surface area contributed by atoms with Crippen LogP contribution in [0.25, 0.3) is 0 Å². The summed E-state index contributed by atoms with van der Waals surface area (Å²) in [5, 5.41) is 16.4. The Hall–Kier alpha value is -1.55. The summed E-state index contributed by atoms with van der Waals surface area (Å²) in [6, 6.07) is 2.59. The van der Waals surface area contributed by atoms with Crippen molar-refractivity contribution in [3.8, 4) is 6.07 Å². The molecule has 2 N–H and O–H groups in total. The van der Waals surface area contributed by atoms with Crippen LogP contribution >= 0.6 is 11.8 Å². The highest BCUT2D eigenvalue weighted by molar-refractivity contribution is 7.98. The molecule has 0 bridgehead atoms. The van der Waals surface area contributed by atoms with E-state index in [0.717, 1.165) is 12.8 Å². The van der Waals surface area contributed by atoms with Crippen LogP contribution in [0.2, 0.25) is 0 Å². The normalized spacial score (nSPS) is 17.4. The summed E-state index contributed by atoms with van der Waals surface area (Å²) in [4.78, 5) is 13.0. The number of hydrogen-bond donors (Lipinski definition) is 2. The highest BCUT2D eigenvalue weighted by Gasteiger charge is 2.42. The Labute approximate surface area is 123 Å². The van der Waals surface area contributed by atoms with Crippen molar-refractivity contribution in [2.75, 3.05) is 16.9 Å². The van der Waals surface area contributed by atoms with Gasteiger partial charge in [0, 0.05) is 6.04 Å². The standard InChI is InChI=1S/C13H20N6S/c1-8(2)15-10-16-11(18-12(17-10)20-4)19-13(3,7-14)9-5-6-9/h8-9H,5-6H2,1-4H3,(H2,15,16,17,18,19). The zero-order valence-corrected chi connectivity index (χ0v) is 13.1. The second-order valence-electron chi connectivity index (χ2n) is 5.48. The summed E-state index contributed by atoms with van der Waals surface area (Å²) >= 11 is 1.46. The molecular weight excluding hydrogens is 272 g/mol. The molecule has 1 aromatic heterocycles. The molecular formula is C13H20N6S. The van der Waals surface area contributed by atoms with Crippen LogP contribution < -0.4 is 10.6 Å². The Morgan fingerprint density at radius 1 is 1.30 bits per heavy atom. The number of nitrogens with one attached hydrogen (secondary N) is 2. The second-order valence-corrected chi connectivity index (χ2v) is 6.26. The second kappa shape index (κ2) is 5.83. The van der Waals surface area contributed by atoms with E-state index in [9.17, 15) is 5.26 Å². The molecule has 0 spiro atoms. The molecule has 1 aliphatic carbocycles. The predicted octanol–water partition coefficient (Wildman–Crippen LogP) is 2.52. The van der Waals surface area contributed by atoms with Gasteiger partial charge in [-0.3, -0.25) is 0 Å². The van der Waals surface area contributed by atoms with Crippen molar-refractivity contribution < 1.29 is 0 Å². The lowest BCUT2D eigenvalue weighted by molar-refractivity contribution is 0.559. The van der Waals surface area contributed by atoms with E-state index < -0.39 is 5.54 Å². The third-order valence-electron chi connectivity index (χ3n) is 3.21. The van der Waals surface area contributed by atoms with Gasteiger partial charge in [0.15, 0.2) is 5.16 Å². The molecule has 1 heterocycles. The number of thioether (sulfide) groups is 1. The van der Waals surface area contributed by atoms with Crippen LogP contribution in [0, 0.1) is 17.2 Å². The van der Waals surface area contributed by atoms with E-state index in [1.165, 1.54) is 11.8 Å². The Morgan fingerprint density at radius 2 is 1.95 bits per heavy atom. The van der Waals surface area contributed by atoms with E-state index in [4.69, 9.17) is 0 Å². The molecule has 1 atom stereocenters. The predicted molar refractivity (Wildman–Crippen MR) is 80.7 cm³/mol. The van der Waals surface area contributed by atoms with Crippen LogP contribution in [0.5, 0.6) is 0 Å². The highest BCUT2D eigenvalue weighted by atomic mass is 32.2. The quantitative estimate of drug-likeness (QED) is 0.779. The van der Waals surface area contributed by atoms with Gasteiger partial charge in [-0.15, -0.1) is 0 Å². The minimum atomic E-state index is -0.605. The maximum atomic E-state index is 9.39. The average molecular weight is 292 g/mol. The molecule has 6 nitrogen and oxygen atoms in total. The first-order valence-corrected chi connectivity index (χ1v) is 7.95. The number of nitriles is 1. The fraction of sp³-hybridized carbons (Fsp3) is 0.692. The van der Waals surface area contributed by atoms with Crippen molar-refractivity contribution in [2.45, 2.75) is 50.4 Å². The van der Waals surface area contributed by atoms with Crippen molar-refractivity contribution in [3.63, 3.8) is 0 Å². The summed E-state index contributed by atoms with van der Waals surface area (Å²) in [6.45, 7) is 5.96. The van der Waals surface area contributed by atoms with Crippen molar-refractivity contribution in [3.05, 3.63) is 0 Å². The zero-order valence-electron chi connectivity index (χ0n) is 12.3. The topological polar surface area (TPSA) is 86.5 Å². The van der Waals surface area contributed by atoms with Gasteiger partial charge in [-0.1, -0.05) is 11.8 Å². The maximum absolute atomic E-state index is 9.39. The summed E-state index contributed by atoms with van der Waals surface area (Å²) in [6.07, 6.45) is 4.08. The zero-order chi connectivity index (χ0) is 14.8. The molecule has 0 radical (unpaired) electrons. The Kier molecular flexibility index (Phi) is 4.33. The van der Waals surface area contributed by atoms with E-state index in [2.05, 4.69) is 31.7 Å². The van der Waals surface area contributed by atoms with E-state index in [0.29, 0.717) is 23.0 Å². The fourth-order valence-electron chi connectivity index (χ4n) is 1.94. The lowest BCUT2D eigenvalue weighted by atomic mass is 9.98. The van der Waals surface area contributed by atoms with Crippen molar-refractivity contribution >= 4 is 23.7 Å². The van der Waals surface area contributed by atoms with Gasteiger partial charge in [-0.2, -0.15) is 20.2 Å². The van der Waals surface area contributed by atoms with Crippen molar-refractivity contribution in [1.82, 2.24) is 15.0 Å². The summed E-state index contributed by atoms with van der Waals surface area (Å²) in [5.41, 5.74) is -0.605. The molecule has 0 amide bonds. The molecule has 108 valence electrons. The minimum absolute atomic E-state index is 0.241. The lowest BCUT2D eigenvalue weighted by Crippen LogP contribution is -2.36. The van der Waals surface area contributed by atoms with Gasteiger partial charge in [0.1, 0.15) is 5.54 Å². The largest absolute Gasteiger partial charge is 0.352 e. The molecule has 1 unspecified atom stereocenters. The van der Waals surface area contributed by atoms with Crippen LogP contribution in [-0.2, 0) is 0 Å². The van der Waals surface area contributed by atoms with Crippen LogP contribution in [0.1, 0.15) is 33.6 Å². The molecule has 1 fully saturated rings. The molecule has 1 aliphatic rings. The van der Waals surface area contributed by atoms with Crippen LogP contribution in [0.3, 0.4) is 0 Å². The number of rotatable bonds is 6. The van der Waals surface area contributed by atoms with Gasteiger partial charge in [0.05, 0.1) is 6.07 Å². The Balaban J connectivity index is 2.24. The molecule has 7 heteroatoms. The molecule has 0 aromatic carbocycles. The lowest BCUT2D eigenvalue weighted by Gasteiger charge is -2.23. The SMILES string of the molecule is CSc1nc(NC(C)C)nc(NC(C)(C#N)C2CC2)n1. The van der Waals surface area contributed by atoms with Gasteiger partial charge in [-0.05, 0) is 45.8 Å². The monoisotopic (exact) mass is 292 g/mol. The van der Waals surface area contributed by atoms with Crippen molar-refractivity contribution in [1.29, 1.82) is 5.26 Å². The van der Waals surface area contributed by atoms with E-state index >= 15 is 0 Å². The summed E-state index contributed by atoms with van der Waals surface area (Å²) < 4.78 is 0. The molecule has 1 aromatic rings. The van der Waals surface area contributed by atoms with Crippen LogP contribution in [0.15, 0.2) is 5.16 Å². The van der Waals surface area contributed by atoms with Gasteiger partial charge < -0.3 is 10.6 Å². The molecule has 1 saturated carbocycles. The Bertz CT molecular complexity index is 522. The smallest absolute Gasteiger partial charge is 0.229 e. The average Bonchev–Trinajstić information content (AvgIpc) is 3.22. The molecule has 0 aliphatic heterocycles. The molecule has 20 heavy (non-hydrogen) atoms. The minimum Gasteiger partial charge on any atom is -0.352 e. The Morgan fingerprint density at radius 3 is 2.45 bits per heavy atom. The van der Waals surface area contributed by atoms with Crippen LogP contribution in [-0.4, -0.2) is 32.8 Å². The highest BCUT2D eigenvalue weighted by Crippen LogP contribution is 2.40. The third kappa shape index (κ3) is 3.51. The van der Waals surface area contributed by atoms with Gasteiger partial charge in [-0.25, -0.2) is 0 Å². The van der Waals surface area contributed by atoms with Gasteiger partial charge in [0.2, 0.25) is 11.9 Å². The first kappa shape index (κ1) is 14.9. The first-order valence-electron chi connectivity index (χ1n) is 6.73. The maximum Gasteiger partial charge on any atom is 0.229 e. The van der Waals surface area contributed by atoms with Gasteiger partial charge >= 0.3 is 0 Å². The molecule has 0 saturated heterocycles. The summed E-state index contributed by atoms with van der Waals surface area (Å²) in [7, 11) is 0. The van der Waals surface area contributed by atoms with E-state index in [-0.39, 0.29) is 6.04 Å². The first-order chi connectivity index (χ1) is 9.46. The number of hydrogen-bond acceptors (Lipinski definition) is 7.